The number of nitrogens with one attached hydrogen (secondary N) is 1. The van der Waals surface area contributed by atoms with Crippen LogP contribution in [0.15, 0.2) is 18.3 Å². The molecule has 0 aliphatic rings. The van der Waals surface area contributed by atoms with Crippen molar-refractivity contribution in [3.05, 3.63) is 29.6 Å². The van der Waals surface area contributed by atoms with E-state index in [0.29, 0.717) is 24.3 Å². The highest BCUT2D eigenvalue weighted by molar-refractivity contribution is 5.98. The first-order valence-electron chi connectivity index (χ1n) is 7.59. The number of hydrogen-bond acceptors (Lipinski definition) is 3. The number of rotatable bonds is 8. The largest absolute Gasteiger partial charge is 0.352 e. The Morgan fingerprint density at radius 3 is 2.62 bits per heavy atom. The number of carbonyl (C=O) groups is 2. The van der Waals surface area contributed by atoms with Crippen molar-refractivity contribution < 1.29 is 9.59 Å². The van der Waals surface area contributed by atoms with Crippen molar-refractivity contribution in [1.82, 2.24) is 15.2 Å². The highest BCUT2D eigenvalue weighted by Crippen LogP contribution is 2.06. The van der Waals surface area contributed by atoms with E-state index < -0.39 is 0 Å². The van der Waals surface area contributed by atoms with Crippen molar-refractivity contribution in [1.29, 1.82) is 0 Å². The van der Waals surface area contributed by atoms with Crippen molar-refractivity contribution in [2.45, 2.75) is 39.5 Å². The molecule has 1 aromatic heterocycles. The lowest BCUT2D eigenvalue weighted by molar-refractivity contribution is 0.0787. The number of unbranched alkanes of at least 4 members (excludes halogenated alkanes) is 2. The fourth-order valence-corrected chi connectivity index (χ4v) is 1.86. The van der Waals surface area contributed by atoms with Gasteiger partial charge in [-0.05, 0) is 25.0 Å². The highest BCUT2D eigenvalue weighted by Gasteiger charge is 2.15. The zero-order valence-corrected chi connectivity index (χ0v) is 13.2. The standard InChI is InChI=1S/C16H25N3O2/c1-4-6-9-18-15(20)13-8-10-17-14(12-13)16(21)19(3)11-7-5-2/h8,10,12H,4-7,9,11H2,1-3H3,(H,18,20). The average Bonchev–Trinajstić information content (AvgIpc) is 2.52. The van der Waals surface area contributed by atoms with E-state index in [4.69, 9.17) is 0 Å². The summed E-state index contributed by atoms with van der Waals surface area (Å²) in [4.78, 5) is 29.9. The number of pyridine rings is 1. The number of nitrogens with zero attached hydrogens (tertiary/aromatic N) is 2. The fourth-order valence-electron chi connectivity index (χ4n) is 1.86. The molecule has 0 aliphatic heterocycles. The van der Waals surface area contributed by atoms with E-state index in [-0.39, 0.29) is 11.8 Å². The molecule has 0 fully saturated rings. The van der Waals surface area contributed by atoms with Gasteiger partial charge in [0.1, 0.15) is 5.69 Å². The zero-order valence-electron chi connectivity index (χ0n) is 13.2. The lowest BCUT2D eigenvalue weighted by atomic mass is 10.2. The van der Waals surface area contributed by atoms with E-state index in [2.05, 4.69) is 24.1 Å². The van der Waals surface area contributed by atoms with Crippen molar-refractivity contribution in [3.63, 3.8) is 0 Å². The molecule has 0 unspecified atom stereocenters. The molecule has 0 atom stereocenters. The van der Waals surface area contributed by atoms with E-state index in [0.717, 1.165) is 25.7 Å². The number of amides is 2. The number of carbonyl (C=O) groups excluding carboxylic acids is 2. The van der Waals surface area contributed by atoms with Crippen LogP contribution in [0.25, 0.3) is 0 Å². The maximum Gasteiger partial charge on any atom is 0.272 e. The normalized spacial score (nSPS) is 10.2. The van der Waals surface area contributed by atoms with Gasteiger partial charge in [0, 0.05) is 31.9 Å². The molecule has 0 saturated heterocycles. The van der Waals surface area contributed by atoms with Gasteiger partial charge in [-0.15, -0.1) is 0 Å². The SMILES string of the molecule is CCCCNC(=O)c1ccnc(C(=O)N(C)CCCC)c1. The molecule has 116 valence electrons. The highest BCUT2D eigenvalue weighted by atomic mass is 16.2. The predicted octanol–water partition coefficient (Wildman–Crippen LogP) is 2.48. The molecule has 0 aromatic carbocycles. The summed E-state index contributed by atoms with van der Waals surface area (Å²) >= 11 is 0. The van der Waals surface area contributed by atoms with Gasteiger partial charge < -0.3 is 10.2 Å². The second-order valence-corrected chi connectivity index (χ2v) is 5.12. The van der Waals surface area contributed by atoms with Crippen LogP contribution in [0.3, 0.4) is 0 Å². The van der Waals surface area contributed by atoms with Crippen LogP contribution in [-0.4, -0.2) is 41.8 Å². The topological polar surface area (TPSA) is 62.3 Å². The Hall–Kier alpha value is -1.91. The molecular weight excluding hydrogens is 266 g/mol. The summed E-state index contributed by atoms with van der Waals surface area (Å²) in [6.45, 7) is 5.50. The summed E-state index contributed by atoms with van der Waals surface area (Å²) < 4.78 is 0. The lowest BCUT2D eigenvalue weighted by Crippen LogP contribution is -2.29. The van der Waals surface area contributed by atoms with Gasteiger partial charge in [-0.25, -0.2) is 0 Å². The van der Waals surface area contributed by atoms with Crippen molar-refractivity contribution >= 4 is 11.8 Å². The molecule has 0 bridgehead atoms. The maximum absolute atomic E-state index is 12.2. The molecule has 0 radical (unpaired) electrons. The van der Waals surface area contributed by atoms with E-state index in [1.165, 1.54) is 6.20 Å². The van der Waals surface area contributed by atoms with Gasteiger partial charge in [0.15, 0.2) is 0 Å². The third-order valence-corrected chi connectivity index (χ3v) is 3.25. The van der Waals surface area contributed by atoms with E-state index in [1.54, 1.807) is 24.1 Å². The summed E-state index contributed by atoms with van der Waals surface area (Å²) in [6.07, 6.45) is 5.48. The average molecular weight is 291 g/mol. The van der Waals surface area contributed by atoms with Gasteiger partial charge in [0.25, 0.3) is 11.8 Å². The Morgan fingerprint density at radius 1 is 1.24 bits per heavy atom. The van der Waals surface area contributed by atoms with Crippen LogP contribution in [-0.2, 0) is 0 Å². The van der Waals surface area contributed by atoms with Crippen LogP contribution < -0.4 is 5.32 Å². The van der Waals surface area contributed by atoms with Crippen molar-refractivity contribution in [3.8, 4) is 0 Å². The molecule has 5 heteroatoms. The van der Waals surface area contributed by atoms with Crippen LogP contribution >= 0.6 is 0 Å². The second-order valence-electron chi connectivity index (χ2n) is 5.12. The zero-order chi connectivity index (χ0) is 15.7. The first-order valence-corrected chi connectivity index (χ1v) is 7.59. The van der Waals surface area contributed by atoms with Gasteiger partial charge in [0.2, 0.25) is 0 Å². The minimum absolute atomic E-state index is 0.147. The first kappa shape index (κ1) is 17.1. The molecule has 0 spiro atoms. The molecule has 0 saturated carbocycles. The lowest BCUT2D eigenvalue weighted by Gasteiger charge is -2.16. The maximum atomic E-state index is 12.2. The minimum atomic E-state index is -0.156. The van der Waals surface area contributed by atoms with Crippen LogP contribution in [0, 0.1) is 0 Å². The van der Waals surface area contributed by atoms with Crippen LogP contribution in [0.2, 0.25) is 0 Å². The third-order valence-electron chi connectivity index (χ3n) is 3.25. The molecule has 1 rings (SSSR count). The van der Waals surface area contributed by atoms with Gasteiger partial charge in [-0.1, -0.05) is 26.7 Å². The van der Waals surface area contributed by atoms with Gasteiger partial charge in [-0.2, -0.15) is 0 Å². The van der Waals surface area contributed by atoms with E-state index in [1.807, 2.05) is 0 Å². The molecule has 1 aromatic rings. The molecule has 1 N–H and O–H groups in total. The number of aromatic nitrogens is 1. The third kappa shape index (κ3) is 5.53. The Kier molecular flexibility index (Phi) is 7.43. The van der Waals surface area contributed by atoms with E-state index in [9.17, 15) is 9.59 Å². The van der Waals surface area contributed by atoms with Crippen LogP contribution in [0.1, 0.15) is 60.4 Å². The monoisotopic (exact) mass is 291 g/mol. The van der Waals surface area contributed by atoms with Gasteiger partial charge in [0.05, 0.1) is 0 Å². The summed E-state index contributed by atoms with van der Waals surface area (Å²) in [5.74, 6) is -0.303. The summed E-state index contributed by atoms with van der Waals surface area (Å²) in [6, 6.07) is 3.19. The Morgan fingerprint density at radius 2 is 1.95 bits per heavy atom. The molecule has 2 amide bonds. The molecule has 5 nitrogen and oxygen atoms in total. The fraction of sp³-hybridized carbons (Fsp3) is 0.562. The quantitative estimate of drug-likeness (QED) is 0.748. The van der Waals surface area contributed by atoms with E-state index >= 15 is 0 Å². The van der Waals surface area contributed by atoms with Crippen LogP contribution in [0.5, 0.6) is 0 Å². The number of hydrogen-bond donors (Lipinski definition) is 1. The van der Waals surface area contributed by atoms with Gasteiger partial charge in [-0.3, -0.25) is 14.6 Å². The molecule has 21 heavy (non-hydrogen) atoms. The van der Waals surface area contributed by atoms with Crippen LogP contribution in [0.4, 0.5) is 0 Å². The second kappa shape index (κ2) is 9.10. The first-order chi connectivity index (χ1) is 10.1. The predicted molar refractivity (Wildman–Crippen MR) is 83.3 cm³/mol. The Labute approximate surface area is 126 Å². The van der Waals surface area contributed by atoms with Gasteiger partial charge >= 0.3 is 0 Å². The minimum Gasteiger partial charge on any atom is -0.352 e. The summed E-state index contributed by atoms with van der Waals surface area (Å²) in [7, 11) is 1.76. The van der Waals surface area contributed by atoms with Crippen molar-refractivity contribution in [2.75, 3.05) is 20.1 Å². The Balaban J connectivity index is 2.71. The molecule has 0 aliphatic carbocycles. The van der Waals surface area contributed by atoms with Crippen molar-refractivity contribution in [2.24, 2.45) is 0 Å². The summed E-state index contributed by atoms with van der Waals surface area (Å²) in [5, 5.41) is 2.84. The molecular formula is C16H25N3O2. The smallest absolute Gasteiger partial charge is 0.272 e. The summed E-state index contributed by atoms with van der Waals surface area (Å²) in [5.41, 5.74) is 0.796. The molecule has 1 heterocycles. The Bertz CT molecular complexity index is 474.